The molecule has 0 radical (unpaired) electrons. The normalized spacial score (nSPS) is 25.7. The van der Waals surface area contributed by atoms with E-state index >= 15 is 0 Å². The highest BCUT2D eigenvalue weighted by Gasteiger charge is 2.52. The van der Waals surface area contributed by atoms with E-state index in [1.807, 2.05) is 0 Å². The average Bonchev–Trinajstić information content (AvgIpc) is 3.29. The molecular weight excluding hydrogens is 322 g/mol. The van der Waals surface area contributed by atoms with E-state index in [2.05, 4.69) is 10.2 Å². The van der Waals surface area contributed by atoms with Crippen molar-refractivity contribution in [2.45, 2.75) is 31.4 Å². The molecule has 1 saturated carbocycles. The second-order valence-corrected chi connectivity index (χ2v) is 7.55. The number of nitrogens with one attached hydrogen (secondary N) is 1. The van der Waals surface area contributed by atoms with Crippen LogP contribution < -0.4 is 5.32 Å². The summed E-state index contributed by atoms with van der Waals surface area (Å²) in [6, 6.07) is 1.49. The van der Waals surface area contributed by atoms with Gasteiger partial charge in [-0.05, 0) is 31.7 Å². The number of nitrogens with zero attached hydrogens (tertiary/aromatic N) is 2. The molecule has 2 saturated heterocycles. The SMILES string of the molecule is CNC(=O)[C@@H]1COC2(CN(C(=O)c3ccoc3C)C2)CN1CC1CC1. The van der Waals surface area contributed by atoms with Crippen LogP contribution in [-0.4, -0.2) is 73.1 Å². The second-order valence-electron chi connectivity index (χ2n) is 7.55. The first kappa shape index (κ1) is 16.6. The van der Waals surface area contributed by atoms with Gasteiger partial charge in [0, 0.05) is 20.1 Å². The molecule has 3 heterocycles. The lowest BCUT2D eigenvalue weighted by Crippen LogP contribution is -2.73. The van der Waals surface area contributed by atoms with Crippen molar-refractivity contribution in [2.75, 3.05) is 39.8 Å². The van der Waals surface area contributed by atoms with E-state index in [1.165, 1.54) is 12.8 Å². The van der Waals surface area contributed by atoms with Gasteiger partial charge in [0.15, 0.2) is 0 Å². The number of carbonyl (C=O) groups is 2. The van der Waals surface area contributed by atoms with Crippen LogP contribution in [0.2, 0.25) is 0 Å². The zero-order valence-corrected chi connectivity index (χ0v) is 14.8. The number of amides is 2. The van der Waals surface area contributed by atoms with Gasteiger partial charge in [-0.2, -0.15) is 0 Å². The molecule has 25 heavy (non-hydrogen) atoms. The largest absolute Gasteiger partial charge is 0.469 e. The maximum atomic E-state index is 12.6. The fourth-order valence-electron chi connectivity index (χ4n) is 3.88. The van der Waals surface area contributed by atoms with Crippen molar-refractivity contribution in [2.24, 2.45) is 5.92 Å². The Morgan fingerprint density at radius 2 is 2.08 bits per heavy atom. The molecule has 4 rings (SSSR count). The molecule has 1 atom stereocenters. The summed E-state index contributed by atoms with van der Waals surface area (Å²) in [6.07, 6.45) is 4.03. The van der Waals surface area contributed by atoms with Crippen molar-refractivity contribution in [3.63, 3.8) is 0 Å². The standard InChI is InChI=1S/C18H25N3O4/c1-12-14(5-6-24-12)17(23)21-10-18(11-21)9-20(7-13-3-4-13)15(8-25-18)16(22)19-2/h5-6,13,15H,3-4,7-11H2,1-2H3,(H,19,22)/t15-/m0/s1. The Hall–Kier alpha value is -1.86. The molecule has 1 aromatic rings. The van der Waals surface area contributed by atoms with Crippen LogP contribution in [0.1, 0.15) is 29.0 Å². The van der Waals surface area contributed by atoms with E-state index in [9.17, 15) is 9.59 Å². The molecule has 0 bridgehead atoms. The summed E-state index contributed by atoms with van der Waals surface area (Å²) < 4.78 is 11.3. The van der Waals surface area contributed by atoms with Crippen LogP contribution in [0.15, 0.2) is 16.7 Å². The quantitative estimate of drug-likeness (QED) is 0.865. The Kier molecular flexibility index (Phi) is 4.08. The Balaban J connectivity index is 1.41. The fraction of sp³-hybridized carbons (Fsp3) is 0.667. The van der Waals surface area contributed by atoms with Gasteiger partial charge in [-0.1, -0.05) is 0 Å². The first-order valence-electron chi connectivity index (χ1n) is 8.94. The number of hydrogen-bond donors (Lipinski definition) is 1. The van der Waals surface area contributed by atoms with Gasteiger partial charge in [0.1, 0.15) is 17.4 Å². The molecule has 1 spiro atoms. The van der Waals surface area contributed by atoms with Gasteiger partial charge < -0.3 is 19.4 Å². The molecule has 0 unspecified atom stereocenters. The van der Waals surface area contributed by atoms with Gasteiger partial charge in [0.05, 0.1) is 31.5 Å². The number of ether oxygens (including phenoxy) is 1. The van der Waals surface area contributed by atoms with Gasteiger partial charge in [-0.15, -0.1) is 0 Å². The van der Waals surface area contributed by atoms with Crippen molar-refractivity contribution < 1.29 is 18.7 Å². The molecule has 2 aliphatic heterocycles. The second kappa shape index (κ2) is 6.14. The Labute approximate surface area is 147 Å². The summed E-state index contributed by atoms with van der Waals surface area (Å²) in [6.45, 7) is 4.97. The summed E-state index contributed by atoms with van der Waals surface area (Å²) in [4.78, 5) is 28.8. The van der Waals surface area contributed by atoms with Gasteiger partial charge >= 0.3 is 0 Å². The molecule has 1 aromatic heterocycles. The number of carbonyl (C=O) groups excluding carboxylic acids is 2. The van der Waals surface area contributed by atoms with Gasteiger partial charge in [0.2, 0.25) is 5.91 Å². The van der Waals surface area contributed by atoms with Crippen molar-refractivity contribution in [1.82, 2.24) is 15.1 Å². The zero-order valence-electron chi connectivity index (χ0n) is 14.8. The van der Waals surface area contributed by atoms with Crippen LogP contribution in [0, 0.1) is 12.8 Å². The molecule has 2 amide bonds. The highest BCUT2D eigenvalue weighted by molar-refractivity contribution is 5.95. The topological polar surface area (TPSA) is 75.0 Å². The number of hydrogen-bond acceptors (Lipinski definition) is 5. The van der Waals surface area contributed by atoms with E-state index in [0.717, 1.165) is 6.54 Å². The van der Waals surface area contributed by atoms with Crippen molar-refractivity contribution in [3.05, 3.63) is 23.7 Å². The maximum absolute atomic E-state index is 12.6. The summed E-state index contributed by atoms with van der Waals surface area (Å²) in [5.41, 5.74) is 0.274. The molecule has 1 N–H and O–H groups in total. The first-order valence-corrected chi connectivity index (χ1v) is 8.94. The lowest BCUT2D eigenvalue weighted by Gasteiger charge is -2.55. The molecule has 7 nitrogen and oxygen atoms in total. The number of furan rings is 1. The van der Waals surface area contributed by atoms with Crippen LogP contribution in [0.5, 0.6) is 0 Å². The van der Waals surface area contributed by atoms with Gasteiger partial charge in [-0.3, -0.25) is 14.5 Å². The summed E-state index contributed by atoms with van der Waals surface area (Å²) in [5.74, 6) is 1.35. The molecule has 0 aromatic carbocycles. The van der Waals surface area contributed by atoms with Crippen molar-refractivity contribution >= 4 is 11.8 Å². The van der Waals surface area contributed by atoms with E-state index < -0.39 is 0 Å². The summed E-state index contributed by atoms with van der Waals surface area (Å²) >= 11 is 0. The lowest BCUT2D eigenvalue weighted by atomic mass is 9.89. The smallest absolute Gasteiger partial charge is 0.257 e. The first-order chi connectivity index (χ1) is 12.0. The predicted molar refractivity (Wildman–Crippen MR) is 90.2 cm³/mol. The minimum Gasteiger partial charge on any atom is -0.469 e. The van der Waals surface area contributed by atoms with Crippen LogP contribution in [-0.2, 0) is 9.53 Å². The van der Waals surface area contributed by atoms with Gasteiger partial charge in [0.25, 0.3) is 5.91 Å². The Bertz CT molecular complexity index is 676. The van der Waals surface area contributed by atoms with E-state index in [0.29, 0.717) is 43.5 Å². The molecule has 136 valence electrons. The minimum atomic E-state index is -0.341. The van der Waals surface area contributed by atoms with Crippen molar-refractivity contribution in [3.8, 4) is 0 Å². The number of likely N-dealkylation sites (tertiary alicyclic amines) is 1. The van der Waals surface area contributed by atoms with E-state index in [1.54, 1.807) is 31.2 Å². The maximum Gasteiger partial charge on any atom is 0.257 e. The average molecular weight is 347 g/mol. The van der Waals surface area contributed by atoms with Crippen LogP contribution in [0.4, 0.5) is 0 Å². The molecular formula is C18H25N3O4. The van der Waals surface area contributed by atoms with Crippen molar-refractivity contribution in [1.29, 1.82) is 0 Å². The summed E-state index contributed by atoms with van der Waals surface area (Å²) in [7, 11) is 1.67. The third-order valence-corrected chi connectivity index (χ3v) is 5.55. The lowest BCUT2D eigenvalue weighted by molar-refractivity contribution is -0.191. The van der Waals surface area contributed by atoms with E-state index in [4.69, 9.17) is 9.15 Å². The number of likely N-dealkylation sites (N-methyl/N-ethyl adjacent to an activating group) is 1. The summed E-state index contributed by atoms with van der Waals surface area (Å²) in [5, 5.41) is 2.74. The number of aryl methyl sites for hydroxylation is 1. The van der Waals surface area contributed by atoms with E-state index in [-0.39, 0.29) is 23.5 Å². The Morgan fingerprint density at radius 1 is 1.32 bits per heavy atom. The minimum absolute atomic E-state index is 0.0109. The molecule has 7 heteroatoms. The molecule has 3 fully saturated rings. The highest BCUT2D eigenvalue weighted by Crippen LogP contribution is 2.36. The highest BCUT2D eigenvalue weighted by atomic mass is 16.5. The van der Waals surface area contributed by atoms with Crippen LogP contribution in [0.25, 0.3) is 0 Å². The fourth-order valence-corrected chi connectivity index (χ4v) is 3.88. The number of rotatable bonds is 4. The number of morpholine rings is 1. The monoisotopic (exact) mass is 347 g/mol. The van der Waals surface area contributed by atoms with Crippen LogP contribution >= 0.6 is 0 Å². The third-order valence-electron chi connectivity index (χ3n) is 5.55. The van der Waals surface area contributed by atoms with Gasteiger partial charge in [-0.25, -0.2) is 0 Å². The predicted octanol–water partition coefficient (Wildman–Crippen LogP) is 0.639. The Morgan fingerprint density at radius 3 is 2.68 bits per heavy atom. The molecule has 3 aliphatic rings. The molecule has 1 aliphatic carbocycles. The zero-order chi connectivity index (χ0) is 17.6. The van der Waals surface area contributed by atoms with Crippen LogP contribution in [0.3, 0.4) is 0 Å². The third kappa shape index (κ3) is 3.06.